The molecule has 1 unspecified atom stereocenters. The summed E-state index contributed by atoms with van der Waals surface area (Å²) in [5.74, 6) is 2.04. The van der Waals surface area contributed by atoms with Crippen LogP contribution in [0.15, 0.2) is 24.3 Å². The largest absolute Gasteiger partial charge is 0.492 e. The molecule has 2 aliphatic rings. The fraction of sp³-hybridized carbons (Fsp3) is 0.526. The third kappa shape index (κ3) is 2.57. The number of likely N-dealkylation sites (tertiary alicyclic amines) is 1. The van der Waals surface area contributed by atoms with Gasteiger partial charge in [0.15, 0.2) is 0 Å². The maximum atomic E-state index is 5.83. The van der Waals surface area contributed by atoms with Gasteiger partial charge in [-0.3, -0.25) is 4.90 Å². The first-order chi connectivity index (χ1) is 11.8. The van der Waals surface area contributed by atoms with Crippen LogP contribution in [-0.2, 0) is 6.42 Å². The Kier molecular flexibility index (Phi) is 4.19. The highest BCUT2D eigenvalue weighted by Crippen LogP contribution is 2.38. The number of aromatic nitrogens is 2. The second kappa shape index (κ2) is 6.48. The number of hydrogen-bond acceptors (Lipinski definition) is 4. The molecule has 5 nitrogen and oxygen atoms in total. The second-order valence-electron chi connectivity index (χ2n) is 6.69. The van der Waals surface area contributed by atoms with Gasteiger partial charge in [0.05, 0.1) is 18.3 Å². The molecule has 2 aliphatic heterocycles. The Balaban J connectivity index is 1.79. The van der Waals surface area contributed by atoms with Crippen molar-refractivity contribution in [3.05, 3.63) is 35.5 Å². The molecule has 4 rings (SSSR count). The minimum absolute atomic E-state index is 0.438. The highest BCUT2D eigenvalue weighted by atomic mass is 16.5. The zero-order valence-corrected chi connectivity index (χ0v) is 14.6. The molecule has 24 heavy (non-hydrogen) atoms. The van der Waals surface area contributed by atoms with Crippen molar-refractivity contribution in [1.82, 2.24) is 14.7 Å². The van der Waals surface area contributed by atoms with Gasteiger partial charge in [-0.1, -0.05) is 18.6 Å². The lowest BCUT2D eigenvalue weighted by Gasteiger charge is -2.31. The van der Waals surface area contributed by atoms with E-state index in [1.165, 1.54) is 30.5 Å². The minimum atomic E-state index is 0.438. The molecule has 1 aromatic carbocycles. The molecular formula is C19H26N4O. The van der Waals surface area contributed by atoms with Gasteiger partial charge in [-0.25, -0.2) is 4.68 Å². The zero-order valence-electron chi connectivity index (χ0n) is 14.6. The maximum Gasteiger partial charge on any atom is 0.145 e. The van der Waals surface area contributed by atoms with E-state index in [2.05, 4.69) is 28.0 Å². The highest BCUT2D eigenvalue weighted by molar-refractivity contribution is 5.60. The fourth-order valence-electron chi connectivity index (χ4n) is 3.97. The molecule has 2 aromatic rings. The van der Waals surface area contributed by atoms with Crippen LogP contribution in [0.2, 0.25) is 0 Å². The van der Waals surface area contributed by atoms with Gasteiger partial charge < -0.3 is 10.1 Å². The number of benzene rings is 1. The molecule has 128 valence electrons. The van der Waals surface area contributed by atoms with Crippen LogP contribution < -0.4 is 10.1 Å². The molecule has 0 bridgehead atoms. The van der Waals surface area contributed by atoms with E-state index in [-0.39, 0.29) is 0 Å². The molecule has 1 fully saturated rings. The van der Waals surface area contributed by atoms with Gasteiger partial charge in [-0.2, -0.15) is 5.10 Å². The van der Waals surface area contributed by atoms with Crippen molar-refractivity contribution < 1.29 is 4.74 Å². The van der Waals surface area contributed by atoms with Crippen LogP contribution in [0.3, 0.4) is 0 Å². The normalized spacial score (nSPS) is 20.7. The molecule has 1 saturated heterocycles. The van der Waals surface area contributed by atoms with Crippen LogP contribution in [0, 0.1) is 0 Å². The number of para-hydroxylation sites is 2. The molecule has 0 amide bonds. The number of hydrogen-bond donors (Lipinski definition) is 1. The third-order valence-corrected chi connectivity index (χ3v) is 5.16. The predicted molar refractivity (Wildman–Crippen MR) is 96.1 cm³/mol. The van der Waals surface area contributed by atoms with Crippen molar-refractivity contribution in [2.75, 3.05) is 32.1 Å². The van der Waals surface area contributed by atoms with E-state index in [9.17, 15) is 0 Å². The van der Waals surface area contributed by atoms with Gasteiger partial charge in [-0.05, 0) is 51.9 Å². The number of nitrogens with one attached hydrogen (secondary N) is 1. The average molecular weight is 326 g/mol. The van der Waals surface area contributed by atoms with E-state index in [1.807, 2.05) is 25.1 Å². The summed E-state index contributed by atoms with van der Waals surface area (Å²) in [5.41, 5.74) is 3.67. The third-order valence-electron chi connectivity index (χ3n) is 5.16. The number of rotatable bonds is 4. The van der Waals surface area contributed by atoms with Crippen molar-refractivity contribution in [2.45, 2.75) is 38.6 Å². The average Bonchev–Trinajstić information content (AvgIpc) is 3.19. The molecule has 0 aliphatic carbocycles. The lowest BCUT2D eigenvalue weighted by Crippen LogP contribution is -2.30. The maximum absolute atomic E-state index is 5.83. The molecule has 5 heteroatoms. The van der Waals surface area contributed by atoms with Gasteiger partial charge in [0.2, 0.25) is 0 Å². The van der Waals surface area contributed by atoms with E-state index in [0.29, 0.717) is 12.6 Å². The van der Waals surface area contributed by atoms with E-state index in [1.54, 1.807) is 0 Å². The van der Waals surface area contributed by atoms with Gasteiger partial charge in [0.25, 0.3) is 0 Å². The number of fused-ring (bicyclic) bond motifs is 1. The molecule has 1 N–H and O–H groups in total. The number of anilines is 1. The second-order valence-corrected chi connectivity index (χ2v) is 6.69. The van der Waals surface area contributed by atoms with Gasteiger partial charge >= 0.3 is 0 Å². The fourth-order valence-corrected chi connectivity index (χ4v) is 3.97. The SMILES string of the molecule is CCOc1ccccc1-n1nc(C2CCCCN2C)c2c1NCC2. The van der Waals surface area contributed by atoms with Gasteiger partial charge in [0.1, 0.15) is 17.3 Å². The van der Waals surface area contributed by atoms with E-state index >= 15 is 0 Å². The van der Waals surface area contributed by atoms with Crippen LogP contribution in [0.4, 0.5) is 5.82 Å². The monoisotopic (exact) mass is 326 g/mol. The predicted octanol–water partition coefficient (Wildman–Crippen LogP) is 3.40. The van der Waals surface area contributed by atoms with E-state index in [4.69, 9.17) is 9.84 Å². The molecule has 0 saturated carbocycles. The summed E-state index contributed by atoms with van der Waals surface area (Å²) < 4.78 is 7.89. The standard InChI is InChI=1S/C19H26N4O/c1-3-24-17-10-5-4-8-15(17)23-19-14(11-12-20-19)18(21-23)16-9-6-7-13-22(16)2/h4-5,8,10,16,20H,3,6-7,9,11-13H2,1-2H3. The van der Waals surface area contributed by atoms with Crippen LogP contribution in [0.5, 0.6) is 5.75 Å². The van der Waals surface area contributed by atoms with Gasteiger partial charge in [-0.15, -0.1) is 0 Å². The highest BCUT2D eigenvalue weighted by Gasteiger charge is 2.31. The number of ether oxygens (including phenoxy) is 1. The summed E-state index contributed by atoms with van der Waals surface area (Å²) in [7, 11) is 2.23. The first kappa shape index (κ1) is 15.5. The Morgan fingerprint density at radius 2 is 2.17 bits per heavy atom. The summed E-state index contributed by atoms with van der Waals surface area (Å²) in [5, 5.41) is 8.59. The Morgan fingerprint density at radius 1 is 1.29 bits per heavy atom. The zero-order chi connectivity index (χ0) is 16.5. The summed E-state index contributed by atoms with van der Waals surface area (Å²) in [6.07, 6.45) is 4.85. The Labute approximate surface area is 143 Å². The number of nitrogens with zero attached hydrogens (tertiary/aromatic N) is 3. The van der Waals surface area contributed by atoms with E-state index in [0.717, 1.165) is 36.8 Å². The Morgan fingerprint density at radius 3 is 3.00 bits per heavy atom. The molecule has 0 radical (unpaired) electrons. The van der Waals surface area contributed by atoms with Gasteiger partial charge in [0, 0.05) is 12.1 Å². The molecule has 0 spiro atoms. The van der Waals surface area contributed by atoms with Crippen molar-refractivity contribution in [3.63, 3.8) is 0 Å². The van der Waals surface area contributed by atoms with Crippen molar-refractivity contribution in [3.8, 4) is 11.4 Å². The minimum Gasteiger partial charge on any atom is -0.492 e. The smallest absolute Gasteiger partial charge is 0.145 e. The first-order valence-corrected chi connectivity index (χ1v) is 9.07. The lowest BCUT2D eigenvalue weighted by molar-refractivity contribution is 0.182. The van der Waals surface area contributed by atoms with Crippen LogP contribution in [-0.4, -0.2) is 41.4 Å². The van der Waals surface area contributed by atoms with Crippen molar-refractivity contribution in [1.29, 1.82) is 0 Å². The molecule has 1 aromatic heterocycles. The van der Waals surface area contributed by atoms with Crippen LogP contribution >= 0.6 is 0 Å². The summed E-state index contributed by atoms with van der Waals surface area (Å²) in [6, 6.07) is 8.61. The quantitative estimate of drug-likeness (QED) is 0.935. The summed E-state index contributed by atoms with van der Waals surface area (Å²) in [6.45, 7) is 4.83. The molecular weight excluding hydrogens is 300 g/mol. The first-order valence-electron chi connectivity index (χ1n) is 9.07. The van der Waals surface area contributed by atoms with Crippen molar-refractivity contribution in [2.24, 2.45) is 0 Å². The topological polar surface area (TPSA) is 42.3 Å². The summed E-state index contributed by atoms with van der Waals surface area (Å²) >= 11 is 0. The Bertz CT molecular complexity index is 724. The summed E-state index contributed by atoms with van der Waals surface area (Å²) in [4.78, 5) is 2.46. The molecule has 1 atom stereocenters. The molecule has 3 heterocycles. The van der Waals surface area contributed by atoms with Crippen LogP contribution in [0.1, 0.15) is 43.5 Å². The number of piperidine rings is 1. The Hall–Kier alpha value is -2.01. The van der Waals surface area contributed by atoms with Crippen LogP contribution in [0.25, 0.3) is 5.69 Å². The van der Waals surface area contributed by atoms with Crippen molar-refractivity contribution >= 4 is 5.82 Å². The lowest BCUT2D eigenvalue weighted by atomic mass is 9.97. The van der Waals surface area contributed by atoms with E-state index < -0.39 is 0 Å².